The number of carbonyl (C=O) groups excluding carboxylic acids is 2. The summed E-state index contributed by atoms with van der Waals surface area (Å²) in [5.74, 6) is -0.533. The van der Waals surface area contributed by atoms with E-state index in [0.29, 0.717) is 28.2 Å². The number of benzene rings is 1. The number of carbonyl (C=O) groups is 2. The molecule has 0 radical (unpaired) electrons. The quantitative estimate of drug-likeness (QED) is 0.663. The van der Waals surface area contributed by atoms with Gasteiger partial charge in [-0.3, -0.25) is 9.69 Å². The second kappa shape index (κ2) is 9.54. The standard InChI is InChI=1S/C21H25ClN2O3S/c1-3-27-21(26)20-17(12-18(28-20)15-7-9-16(22)10-8-15)23-19(25)13-24-11-5-4-6-14(24)2/h7-10,12,14H,3-6,11,13H2,1-2H3,(H,23,25)/t14-/m1/s1. The van der Waals surface area contributed by atoms with E-state index in [1.807, 2.05) is 18.2 Å². The summed E-state index contributed by atoms with van der Waals surface area (Å²) in [4.78, 5) is 28.5. The lowest BCUT2D eigenvalue weighted by molar-refractivity contribution is -0.118. The van der Waals surface area contributed by atoms with Crippen molar-refractivity contribution in [2.24, 2.45) is 0 Å². The minimum absolute atomic E-state index is 0.111. The van der Waals surface area contributed by atoms with Gasteiger partial charge in [0, 0.05) is 15.9 Å². The normalized spacial score (nSPS) is 17.3. The van der Waals surface area contributed by atoms with Gasteiger partial charge in [-0.05, 0) is 57.0 Å². The molecule has 0 bridgehead atoms. The van der Waals surface area contributed by atoms with Crippen molar-refractivity contribution < 1.29 is 14.3 Å². The highest BCUT2D eigenvalue weighted by Crippen LogP contribution is 2.36. The van der Waals surface area contributed by atoms with Crippen LogP contribution in [0, 0.1) is 0 Å². The monoisotopic (exact) mass is 420 g/mol. The van der Waals surface area contributed by atoms with Crippen molar-refractivity contribution in [1.29, 1.82) is 0 Å². The molecule has 1 fully saturated rings. The highest BCUT2D eigenvalue weighted by Gasteiger charge is 2.23. The Hall–Kier alpha value is -1.89. The summed E-state index contributed by atoms with van der Waals surface area (Å²) in [6.45, 7) is 5.46. The maximum Gasteiger partial charge on any atom is 0.350 e. The SMILES string of the molecule is CCOC(=O)c1sc(-c2ccc(Cl)cc2)cc1NC(=O)CN1CCCC[C@H]1C. The third-order valence-electron chi connectivity index (χ3n) is 4.88. The predicted octanol–water partition coefficient (Wildman–Crippen LogP) is 5.06. The van der Waals surface area contributed by atoms with E-state index >= 15 is 0 Å². The molecule has 3 rings (SSSR count). The van der Waals surface area contributed by atoms with Gasteiger partial charge in [-0.15, -0.1) is 11.3 Å². The molecule has 1 N–H and O–H groups in total. The third-order valence-corrected chi connectivity index (χ3v) is 6.30. The Morgan fingerprint density at radius 1 is 1.29 bits per heavy atom. The van der Waals surface area contributed by atoms with Crippen LogP contribution < -0.4 is 5.32 Å². The first-order chi connectivity index (χ1) is 13.5. The molecule has 7 heteroatoms. The van der Waals surface area contributed by atoms with Crippen LogP contribution in [0.1, 0.15) is 42.8 Å². The molecule has 1 aromatic heterocycles. The summed E-state index contributed by atoms with van der Waals surface area (Å²) >= 11 is 7.28. The van der Waals surface area contributed by atoms with Crippen molar-refractivity contribution in [3.8, 4) is 10.4 Å². The molecule has 28 heavy (non-hydrogen) atoms. The Labute approximate surface area is 174 Å². The third kappa shape index (κ3) is 5.13. The van der Waals surface area contributed by atoms with Gasteiger partial charge < -0.3 is 10.1 Å². The first-order valence-corrected chi connectivity index (χ1v) is 10.8. The molecule has 0 unspecified atom stereocenters. The number of hydrogen-bond donors (Lipinski definition) is 1. The summed E-state index contributed by atoms with van der Waals surface area (Å²) in [6, 6.07) is 9.62. The summed E-state index contributed by atoms with van der Waals surface area (Å²) in [6.07, 6.45) is 3.44. The average Bonchev–Trinajstić information content (AvgIpc) is 3.08. The first-order valence-electron chi connectivity index (χ1n) is 9.58. The van der Waals surface area contributed by atoms with Crippen LogP contribution in [0.25, 0.3) is 10.4 Å². The van der Waals surface area contributed by atoms with E-state index in [9.17, 15) is 9.59 Å². The second-order valence-corrected chi connectivity index (χ2v) is 8.43. The van der Waals surface area contributed by atoms with Gasteiger partial charge in [0.15, 0.2) is 0 Å². The Kier molecular flexibility index (Phi) is 7.10. The zero-order valence-corrected chi connectivity index (χ0v) is 17.7. The van der Waals surface area contributed by atoms with Crippen LogP contribution in [0.2, 0.25) is 5.02 Å². The van der Waals surface area contributed by atoms with Gasteiger partial charge in [0.1, 0.15) is 4.88 Å². The van der Waals surface area contributed by atoms with E-state index < -0.39 is 5.97 Å². The van der Waals surface area contributed by atoms with Crippen LogP contribution in [0.5, 0.6) is 0 Å². The Bertz CT molecular complexity index is 835. The van der Waals surface area contributed by atoms with Crippen LogP contribution in [0.3, 0.4) is 0 Å². The zero-order chi connectivity index (χ0) is 20.1. The van der Waals surface area contributed by atoms with E-state index in [-0.39, 0.29) is 12.5 Å². The second-order valence-electron chi connectivity index (χ2n) is 6.94. The van der Waals surface area contributed by atoms with Crippen molar-refractivity contribution >= 4 is 40.5 Å². The largest absolute Gasteiger partial charge is 0.462 e. The van der Waals surface area contributed by atoms with Crippen LogP contribution >= 0.6 is 22.9 Å². The molecule has 1 aromatic carbocycles. The van der Waals surface area contributed by atoms with E-state index in [2.05, 4.69) is 17.1 Å². The number of ether oxygens (including phenoxy) is 1. The number of likely N-dealkylation sites (tertiary alicyclic amines) is 1. The Morgan fingerprint density at radius 3 is 2.71 bits per heavy atom. The van der Waals surface area contributed by atoms with Gasteiger partial charge in [0.25, 0.3) is 0 Å². The molecule has 1 aliphatic heterocycles. The molecule has 2 aromatic rings. The number of rotatable bonds is 6. The van der Waals surface area contributed by atoms with Crippen LogP contribution in [0.4, 0.5) is 5.69 Å². The number of halogens is 1. The fraction of sp³-hybridized carbons (Fsp3) is 0.429. The number of thiophene rings is 1. The maximum atomic E-state index is 12.6. The number of nitrogens with one attached hydrogen (secondary N) is 1. The van der Waals surface area contributed by atoms with Gasteiger partial charge in [0.05, 0.1) is 18.8 Å². The first kappa shape index (κ1) is 20.8. The van der Waals surface area contributed by atoms with Crippen LogP contribution in [0.15, 0.2) is 30.3 Å². The molecule has 2 heterocycles. The molecule has 1 amide bonds. The molecule has 150 valence electrons. The van der Waals surface area contributed by atoms with Gasteiger partial charge >= 0.3 is 5.97 Å². The topological polar surface area (TPSA) is 58.6 Å². The number of anilines is 1. The van der Waals surface area contributed by atoms with Crippen molar-refractivity contribution in [3.63, 3.8) is 0 Å². The molecular weight excluding hydrogens is 396 g/mol. The minimum atomic E-state index is -0.422. The minimum Gasteiger partial charge on any atom is -0.462 e. The van der Waals surface area contributed by atoms with Crippen LogP contribution in [-0.2, 0) is 9.53 Å². The highest BCUT2D eigenvalue weighted by atomic mass is 35.5. The molecule has 0 saturated carbocycles. The van der Waals surface area contributed by atoms with Crippen molar-refractivity contribution in [2.75, 3.05) is 25.0 Å². The molecule has 0 aliphatic carbocycles. The fourth-order valence-corrected chi connectivity index (χ4v) is 4.49. The van der Waals surface area contributed by atoms with Gasteiger partial charge in [0.2, 0.25) is 5.91 Å². The molecule has 1 saturated heterocycles. The molecule has 1 aliphatic rings. The Morgan fingerprint density at radius 2 is 2.04 bits per heavy atom. The number of esters is 1. The van der Waals surface area contributed by atoms with Gasteiger partial charge in [-0.1, -0.05) is 30.2 Å². The van der Waals surface area contributed by atoms with Crippen LogP contribution in [-0.4, -0.2) is 42.5 Å². The number of piperidine rings is 1. The van der Waals surface area contributed by atoms with Gasteiger partial charge in [-0.25, -0.2) is 4.79 Å². The summed E-state index contributed by atoms with van der Waals surface area (Å²) in [5.41, 5.74) is 1.44. The Balaban J connectivity index is 1.80. The lowest BCUT2D eigenvalue weighted by atomic mass is 10.0. The lowest BCUT2D eigenvalue weighted by Gasteiger charge is -2.32. The summed E-state index contributed by atoms with van der Waals surface area (Å²) in [5, 5.41) is 3.57. The lowest BCUT2D eigenvalue weighted by Crippen LogP contribution is -2.42. The molecule has 1 atom stereocenters. The number of nitrogens with zero attached hydrogens (tertiary/aromatic N) is 1. The summed E-state index contributed by atoms with van der Waals surface area (Å²) < 4.78 is 5.17. The average molecular weight is 421 g/mol. The van der Waals surface area contributed by atoms with Gasteiger partial charge in [-0.2, -0.15) is 0 Å². The van der Waals surface area contributed by atoms with Crippen molar-refractivity contribution in [1.82, 2.24) is 4.90 Å². The predicted molar refractivity (Wildman–Crippen MR) is 114 cm³/mol. The smallest absolute Gasteiger partial charge is 0.350 e. The van der Waals surface area contributed by atoms with Crippen molar-refractivity contribution in [3.05, 3.63) is 40.2 Å². The maximum absolute atomic E-state index is 12.6. The fourth-order valence-electron chi connectivity index (χ4n) is 3.36. The van der Waals surface area contributed by atoms with E-state index in [1.54, 1.807) is 19.1 Å². The van der Waals surface area contributed by atoms with E-state index in [0.717, 1.165) is 29.8 Å². The van der Waals surface area contributed by atoms with E-state index in [1.165, 1.54) is 17.8 Å². The number of amides is 1. The highest BCUT2D eigenvalue weighted by molar-refractivity contribution is 7.18. The summed E-state index contributed by atoms with van der Waals surface area (Å²) in [7, 11) is 0. The molecule has 0 spiro atoms. The molecule has 5 nitrogen and oxygen atoms in total. The number of hydrogen-bond acceptors (Lipinski definition) is 5. The van der Waals surface area contributed by atoms with Crippen molar-refractivity contribution in [2.45, 2.75) is 39.2 Å². The molecular formula is C21H25ClN2O3S. The zero-order valence-electron chi connectivity index (χ0n) is 16.2. The van der Waals surface area contributed by atoms with E-state index in [4.69, 9.17) is 16.3 Å².